The largest absolute Gasteiger partial charge is 0.478 e. The van der Waals surface area contributed by atoms with E-state index < -0.39 is 5.97 Å². The first-order chi connectivity index (χ1) is 9.00. The standard InChI is InChI=1S/C16H23NO3/c1-15(2,3)10-16(4,5)17-13(18)11-6-8-12(9-7-11)14(19)20/h6-9H,10H2,1-5H3,(H,17,18)(H,19,20). The summed E-state index contributed by atoms with van der Waals surface area (Å²) in [6, 6.07) is 5.94. The first-order valence-corrected chi connectivity index (χ1v) is 6.66. The lowest BCUT2D eigenvalue weighted by molar-refractivity contribution is 0.0695. The van der Waals surface area contributed by atoms with Gasteiger partial charge in [0.1, 0.15) is 0 Å². The van der Waals surface area contributed by atoms with Crippen LogP contribution in [0.1, 0.15) is 61.8 Å². The molecule has 0 aromatic heterocycles. The molecule has 0 heterocycles. The van der Waals surface area contributed by atoms with Gasteiger partial charge in [0, 0.05) is 11.1 Å². The summed E-state index contributed by atoms with van der Waals surface area (Å²) in [5.41, 5.74) is 0.442. The van der Waals surface area contributed by atoms with Gasteiger partial charge in [-0.15, -0.1) is 0 Å². The predicted molar refractivity (Wildman–Crippen MR) is 79.0 cm³/mol. The van der Waals surface area contributed by atoms with Gasteiger partial charge in [-0.3, -0.25) is 4.79 Å². The van der Waals surface area contributed by atoms with E-state index in [-0.39, 0.29) is 22.4 Å². The molecule has 0 bridgehead atoms. The van der Waals surface area contributed by atoms with Crippen LogP contribution in [0.2, 0.25) is 0 Å². The average Bonchev–Trinajstić information content (AvgIpc) is 2.24. The third-order valence-corrected chi connectivity index (χ3v) is 2.82. The van der Waals surface area contributed by atoms with Gasteiger partial charge in [0.15, 0.2) is 0 Å². The fraction of sp³-hybridized carbons (Fsp3) is 0.500. The van der Waals surface area contributed by atoms with Crippen LogP contribution in [0.3, 0.4) is 0 Å². The van der Waals surface area contributed by atoms with Crippen molar-refractivity contribution in [1.29, 1.82) is 0 Å². The molecule has 0 saturated carbocycles. The predicted octanol–water partition coefficient (Wildman–Crippen LogP) is 3.33. The van der Waals surface area contributed by atoms with Gasteiger partial charge in [-0.25, -0.2) is 4.79 Å². The number of rotatable bonds is 4. The summed E-state index contributed by atoms with van der Waals surface area (Å²) in [6.07, 6.45) is 0.846. The molecule has 1 aromatic carbocycles. The summed E-state index contributed by atoms with van der Waals surface area (Å²) < 4.78 is 0. The maximum absolute atomic E-state index is 12.2. The maximum Gasteiger partial charge on any atom is 0.335 e. The van der Waals surface area contributed by atoms with Gasteiger partial charge in [-0.2, -0.15) is 0 Å². The molecule has 2 N–H and O–H groups in total. The normalized spacial score (nSPS) is 12.1. The molecule has 0 fully saturated rings. The first kappa shape index (κ1) is 16.2. The van der Waals surface area contributed by atoms with Crippen LogP contribution in [0, 0.1) is 5.41 Å². The van der Waals surface area contributed by atoms with Crippen molar-refractivity contribution in [3.05, 3.63) is 35.4 Å². The van der Waals surface area contributed by atoms with E-state index in [0.717, 1.165) is 6.42 Å². The number of carboxylic acid groups (broad SMARTS) is 1. The van der Waals surface area contributed by atoms with Crippen LogP contribution < -0.4 is 5.32 Å². The first-order valence-electron chi connectivity index (χ1n) is 6.66. The summed E-state index contributed by atoms with van der Waals surface area (Å²) in [4.78, 5) is 22.9. The Labute approximate surface area is 120 Å². The van der Waals surface area contributed by atoms with Crippen molar-refractivity contribution < 1.29 is 14.7 Å². The fourth-order valence-electron chi connectivity index (χ4n) is 2.51. The Morgan fingerprint density at radius 3 is 1.85 bits per heavy atom. The molecule has 0 atom stereocenters. The number of nitrogens with one attached hydrogen (secondary N) is 1. The van der Waals surface area contributed by atoms with Crippen LogP contribution in [-0.2, 0) is 0 Å². The minimum Gasteiger partial charge on any atom is -0.478 e. The number of carbonyl (C=O) groups is 2. The van der Waals surface area contributed by atoms with Crippen molar-refractivity contribution in [1.82, 2.24) is 5.32 Å². The molecular formula is C16H23NO3. The molecule has 0 saturated heterocycles. The Morgan fingerprint density at radius 1 is 1.00 bits per heavy atom. The van der Waals surface area contributed by atoms with Crippen LogP contribution in [0.4, 0.5) is 0 Å². The molecule has 0 aliphatic rings. The zero-order chi connectivity index (χ0) is 15.6. The van der Waals surface area contributed by atoms with E-state index in [1.165, 1.54) is 24.3 Å². The molecule has 1 rings (SSSR count). The molecule has 4 heteroatoms. The second-order valence-corrected chi connectivity index (χ2v) is 6.96. The zero-order valence-electron chi connectivity index (χ0n) is 12.8. The lowest BCUT2D eigenvalue weighted by Crippen LogP contribution is -2.45. The topological polar surface area (TPSA) is 66.4 Å². The van der Waals surface area contributed by atoms with Gasteiger partial charge in [-0.1, -0.05) is 20.8 Å². The van der Waals surface area contributed by atoms with E-state index >= 15 is 0 Å². The molecule has 0 unspecified atom stereocenters. The van der Waals surface area contributed by atoms with E-state index in [1.807, 2.05) is 13.8 Å². The molecule has 0 aliphatic carbocycles. The number of carboxylic acids is 1. The Bertz CT molecular complexity index is 495. The second kappa shape index (κ2) is 5.65. The van der Waals surface area contributed by atoms with E-state index in [2.05, 4.69) is 26.1 Å². The van der Waals surface area contributed by atoms with E-state index in [9.17, 15) is 9.59 Å². The highest BCUT2D eigenvalue weighted by Gasteiger charge is 2.27. The van der Waals surface area contributed by atoms with Crippen LogP contribution >= 0.6 is 0 Å². The minimum atomic E-state index is -0.995. The minimum absolute atomic E-state index is 0.115. The molecule has 1 amide bonds. The van der Waals surface area contributed by atoms with Crippen molar-refractivity contribution >= 4 is 11.9 Å². The Balaban J connectivity index is 2.78. The molecular weight excluding hydrogens is 254 g/mol. The highest BCUT2D eigenvalue weighted by molar-refractivity contribution is 5.96. The molecule has 20 heavy (non-hydrogen) atoms. The van der Waals surface area contributed by atoms with E-state index in [0.29, 0.717) is 5.56 Å². The quantitative estimate of drug-likeness (QED) is 0.887. The van der Waals surface area contributed by atoms with Gasteiger partial charge in [0.2, 0.25) is 0 Å². The molecule has 110 valence electrons. The summed E-state index contributed by atoms with van der Waals surface area (Å²) in [5.74, 6) is -1.18. The van der Waals surface area contributed by atoms with Crippen molar-refractivity contribution in [3.8, 4) is 0 Å². The van der Waals surface area contributed by atoms with Crippen LogP contribution in [-0.4, -0.2) is 22.5 Å². The highest BCUT2D eigenvalue weighted by Crippen LogP contribution is 2.27. The number of benzene rings is 1. The van der Waals surface area contributed by atoms with E-state index in [1.54, 1.807) is 0 Å². The highest BCUT2D eigenvalue weighted by atomic mass is 16.4. The number of aromatic carboxylic acids is 1. The smallest absolute Gasteiger partial charge is 0.335 e. The van der Waals surface area contributed by atoms with Crippen LogP contribution in [0.25, 0.3) is 0 Å². The SMILES string of the molecule is CC(C)(C)CC(C)(C)NC(=O)c1ccc(C(=O)O)cc1. The lowest BCUT2D eigenvalue weighted by atomic mass is 9.81. The summed E-state index contributed by atoms with van der Waals surface area (Å²) in [7, 11) is 0. The Kier molecular flexibility index (Phi) is 4.58. The van der Waals surface area contributed by atoms with Crippen molar-refractivity contribution in [2.24, 2.45) is 5.41 Å². The molecule has 0 spiro atoms. The van der Waals surface area contributed by atoms with E-state index in [4.69, 9.17) is 5.11 Å². The third-order valence-electron chi connectivity index (χ3n) is 2.82. The number of carbonyl (C=O) groups excluding carboxylic acids is 1. The van der Waals surface area contributed by atoms with Gasteiger partial charge in [0.05, 0.1) is 5.56 Å². The third kappa shape index (κ3) is 5.03. The summed E-state index contributed by atoms with van der Waals surface area (Å²) >= 11 is 0. The van der Waals surface area contributed by atoms with Crippen molar-refractivity contribution in [2.75, 3.05) is 0 Å². The Morgan fingerprint density at radius 2 is 1.45 bits per heavy atom. The number of hydrogen-bond donors (Lipinski definition) is 2. The molecule has 0 radical (unpaired) electrons. The lowest BCUT2D eigenvalue weighted by Gasteiger charge is -2.33. The monoisotopic (exact) mass is 277 g/mol. The Hall–Kier alpha value is -1.84. The molecule has 0 aliphatic heterocycles. The van der Waals surface area contributed by atoms with Gasteiger partial charge in [0.25, 0.3) is 5.91 Å². The van der Waals surface area contributed by atoms with Crippen molar-refractivity contribution in [3.63, 3.8) is 0 Å². The number of hydrogen-bond acceptors (Lipinski definition) is 2. The van der Waals surface area contributed by atoms with Crippen LogP contribution in [0.15, 0.2) is 24.3 Å². The maximum atomic E-state index is 12.2. The average molecular weight is 277 g/mol. The van der Waals surface area contributed by atoms with Crippen LogP contribution in [0.5, 0.6) is 0 Å². The molecule has 1 aromatic rings. The van der Waals surface area contributed by atoms with Gasteiger partial charge < -0.3 is 10.4 Å². The summed E-state index contributed by atoms with van der Waals surface area (Å²) in [6.45, 7) is 10.4. The summed E-state index contributed by atoms with van der Waals surface area (Å²) in [5, 5.41) is 11.8. The second-order valence-electron chi connectivity index (χ2n) is 6.96. The fourth-order valence-corrected chi connectivity index (χ4v) is 2.51. The van der Waals surface area contributed by atoms with Gasteiger partial charge in [-0.05, 0) is 49.9 Å². The number of amides is 1. The molecule has 4 nitrogen and oxygen atoms in total. The van der Waals surface area contributed by atoms with Crippen molar-refractivity contribution in [2.45, 2.75) is 46.6 Å². The zero-order valence-corrected chi connectivity index (χ0v) is 12.8. The van der Waals surface area contributed by atoms with Gasteiger partial charge >= 0.3 is 5.97 Å².